The summed E-state index contributed by atoms with van der Waals surface area (Å²) in [7, 11) is -8.11. The summed E-state index contributed by atoms with van der Waals surface area (Å²) in [6.07, 6.45) is -163. The third kappa shape index (κ3) is 36.8. The van der Waals surface area contributed by atoms with Crippen molar-refractivity contribution in [2.45, 2.75) is 198 Å². The Kier molecular flexibility index (Phi) is 4.66. The highest BCUT2D eigenvalue weighted by atomic mass is 31.2. The molecule has 0 radical (unpaired) electrons. The number of phosphoric acid groups is 1. The van der Waals surface area contributed by atoms with Crippen molar-refractivity contribution in [3.05, 3.63) is 0 Å². The lowest BCUT2D eigenvalue weighted by Crippen LogP contribution is -2.37. The molecule has 0 aromatic carbocycles. The van der Waals surface area contributed by atoms with Crippen LogP contribution in [0.1, 0.15) is 302 Å². The van der Waals surface area contributed by atoms with Crippen molar-refractivity contribution < 1.29 is 152 Å². The zero-order valence-electron chi connectivity index (χ0n) is 104. The van der Waals surface area contributed by atoms with E-state index in [9.17, 15) is 19.0 Å². The molecule has 0 saturated heterocycles. The highest BCUT2D eigenvalue weighted by molar-refractivity contribution is 7.47. The van der Waals surface area contributed by atoms with Crippen LogP contribution >= 0.6 is 7.82 Å². The third-order valence-electron chi connectivity index (χ3n) is 2.89. The van der Waals surface area contributed by atoms with Crippen molar-refractivity contribution in [2.75, 3.05) is 47.1 Å². The summed E-state index contributed by atoms with van der Waals surface area (Å²) < 4.78 is 682. The van der Waals surface area contributed by atoms with Gasteiger partial charge in [-0.1, -0.05) is 167 Å². The second-order valence-corrected chi connectivity index (χ2v) is 7.65. The molecule has 0 aliphatic heterocycles. The summed E-state index contributed by atoms with van der Waals surface area (Å²) in [5.74, 6) is -8.16. The Labute approximate surface area is 420 Å². The number of ether oxygens (including phenoxy) is 2. The van der Waals surface area contributed by atoms with Crippen LogP contribution in [0.2, 0.25) is 0 Å². The number of rotatable bonds is 38. The predicted molar refractivity (Wildman–Crippen MR) is 206 cm³/mol. The van der Waals surface area contributed by atoms with Crippen molar-refractivity contribution in [1.29, 1.82) is 0 Å². The molecule has 10 heteroatoms. The molecule has 0 aromatic rings. The number of likely N-dealkylation sites (N-methyl/N-ethyl adjacent to an activating group) is 1. The highest BCUT2D eigenvalue weighted by Gasteiger charge is 2.27. The number of carbonyl (C=O) groups excluding carboxylic acids is 2. The van der Waals surface area contributed by atoms with Crippen molar-refractivity contribution in [2.24, 2.45) is 0 Å². The number of carbonyl (C=O) groups is 2. The van der Waals surface area contributed by atoms with E-state index in [-0.39, 0.29) is 0 Å². The minimum Gasteiger partial charge on any atom is -0.462 e. The maximum atomic E-state index is 14.5. The van der Waals surface area contributed by atoms with Gasteiger partial charge < -0.3 is 18.9 Å². The molecule has 0 heterocycles. The Morgan fingerprint density at radius 2 is 1.02 bits per heavy atom. The first kappa shape index (κ1) is 6.89. The van der Waals surface area contributed by atoms with Crippen molar-refractivity contribution in [3.8, 4) is 0 Å². The molecular weight excluding hydrogens is 653 g/mol. The third-order valence-corrected chi connectivity index (χ3v) is 3.53. The number of nitrogens with zero attached hydrogens (tertiary/aromatic N) is 1. The van der Waals surface area contributed by atoms with Crippen LogP contribution in [0.15, 0.2) is 0 Å². The second kappa shape index (κ2) is 33.8. The van der Waals surface area contributed by atoms with Gasteiger partial charge in [-0.05, 0) is 12.7 Å². The Morgan fingerprint density at radius 3 is 1.44 bits per heavy atom. The van der Waals surface area contributed by atoms with E-state index in [1.807, 2.05) is 0 Å². The van der Waals surface area contributed by atoms with Gasteiger partial charge in [-0.3, -0.25) is 18.6 Å². The lowest BCUT2D eigenvalue weighted by Gasteiger charge is -2.24. The predicted octanol–water partition coefficient (Wildman–Crippen LogP) is 11.2. The van der Waals surface area contributed by atoms with E-state index in [2.05, 4.69) is 18.5 Å². The molecule has 2 unspecified atom stereocenters. The summed E-state index contributed by atoms with van der Waals surface area (Å²) in [4.78, 5) is 39.8. The number of hydrogen-bond acceptors (Lipinski definition) is 7. The Morgan fingerprint density at radius 1 is 0.620 bits per heavy atom. The van der Waals surface area contributed by atoms with Crippen molar-refractivity contribution in [3.63, 3.8) is 0 Å². The SMILES string of the molecule is [2H]C([2H])([2H])C([2H])([2H])C([2H])([2H])C([2H])([2H])C([2H])([2H])C([2H])([2H])C([2H])([2H])C([2H])([2H])C([2H])([2H])C([2H])([2H])C([2H])([2H])C([2H])([2H])C([2H])([2H])C([2H])([2H])C([2H])([2H])C(=O)OC([2H])([2H])C([2H])(OC(=O)C([2H])([2H])C([2H])([2H])C([2H])([2H])C([2H])([2H])C([2H])([2H])C([2H])([2H])C([2H])([2H])C([2H])([2H])C([2H])([2H])C([2H])([2H])C([2H])([2H])C([2H])([2H])C([2H])([2H])C([2H])([2H])C([2H])([2H])[2H])C([2H])([2H])OP(=O)(O)OC([2H])([2H])C([2H])([2H])[N+](C([2H])([2H])[2H])(C([2H])([2H])[2H])C([2H])([2H])[2H]. The van der Waals surface area contributed by atoms with Crippen LogP contribution < -0.4 is 0 Å². The van der Waals surface area contributed by atoms with Gasteiger partial charge in [-0.25, -0.2) is 4.57 Å². The molecule has 0 spiro atoms. The van der Waals surface area contributed by atoms with Crippen LogP contribution in [-0.2, 0) is 32.7 Å². The summed E-state index contributed by atoms with van der Waals surface area (Å²) in [6, 6.07) is 0. The number of phosphoric ester groups is 1. The van der Waals surface area contributed by atoms with E-state index >= 15 is 0 Å². The molecule has 0 aromatic heterocycles. The standard InChI is InChI=1S/C40H80NO8P/c1-6-8-10-12-14-16-18-20-22-24-26-28-30-32-39(42)46-36-38(37-48-50(44,45)47-35-34-41(3,4)5)49-40(43)33-31-29-27-25-23-21-19-17-15-13-11-9-7-2/h38H,6-37H2,1-5H3/p+1/i1D3,2D3,3D3,4D3,5D3,6D2,7D2,8D2,9D2,10D2,11D2,12D2,13D2,14D2,15D2,16D2,17D2,18D2,19D2,20D2,21D2,22D2,23D2,24D2,25D2,26D2,27D2,28D2,29D2,30D2,31D2,32D2,33D2,34D2,35D2,36D2,37D2,38D. The van der Waals surface area contributed by atoms with Gasteiger partial charge in [0.15, 0.2) is 6.08 Å². The van der Waals surface area contributed by atoms with Gasteiger partial charge in [-0.15, -0.1) is 0 Å². The fourth-order valence-corrected chi connectivity index (χ4v) is 1.81. The van der Waals surface area contributed by atoms with Gasteiger partial charge in [-0.2, -0.15) is 0 Å². The minimum absolute atomic E-state index is 3.80. The highest BCUT2D eigenvalue weighted by Crippen LogP contribution is 2.43. The van der Waals surface area contributed by atoms with Crippen LogP contribution in [0.3, 0.4) is 0 Å². The second-order valence-electron chi connectivity index (χ2n) is 6.35. The average molecular weight is 816 g/mol. The molecule has 2 atom stereocenters. The first-order valence-electron chi connectivity index (χ1n) is 51.5. The van der Waals surface area contributed by atoms with E-state index in [1.54, 1.807) is 0 Å². The van der Waals surface area contributed by atoms with Gasteiger partial charge >= 0.3 is 19.8 Å². The average Bonchev–Trinajstić information content (AvgIpc) is 0.660. The normalized spacial score (nSPS) is 48.4. The molecule has 0 bridgehead atoms. The zero-order valence-corrected chi connectivity index (χ0v) is 25.1. The van der Waals surface area contributed by atoms with Crippen LogP contribution in [0.5, 0.6) is 0 Å². The molecule has 50 heavy (non-hydrogen) atoms. The summed E-state index contributed by atoms with van der Waals surface area (Å²) >= 11 is 0. The molecule has 0 saturated carbocycles. The maximum Gasteiger partial charge on any atom is 0.472 e. The molecule has 0 amide bonds. The summed E-state index contributed by atoms with van der Waals surface area (Å²) in [5, 5.41) is 0. The quantitative estimate of drug-likeness (QED) is 0.0373. The van der Waals surface area contributed by atoms with Crippen LogP contribution in [0.4, 0.5) is 0 Å². The molecule has 9 nitrogen and oxygen atoms in total. The van der Waals surface area contributed by atoms with Crippen LogP contribution in [-0.4, -0.2) is 74.5 Å². The fourth-order valence-electron chi connectivity index (χ4n) is 1.42. The largest absolute Gasteiger partial charge is 0.472 e. The number of quaternary nitrogens is 1. The van der Waals surface area contributed by atoms with E-state index in [0.717, 1.165) is 0 Å². The smallest absolute Gasteiger partial charge is 0.462 e. The van der Waals surface area contributed by atoms with Crippen LogP contribution in [0, 0.1) is 0 Å². The summed E-state index contributed by atoms with van der Waals surface area (Å²) in [6.45, 7) is -47.9. The Balaban J connectivity index is 9.56. The van der Waals surface area contributed by atoms with Gasteiger partial charge in [0.2, 0.25) is 0 Å². The van der Waals surface area contributed by atoms with E-state index in [0.29, 0.717) is 0 Å². The lowest BCUT2D eigenvalue weighted by atomic mass is 10.0. The molecule has 0 rings (SSSR count). The van der Waals surface area contributed by atoms with E-state index in [1.165, 1.54) is 0 Å². The first-order valence-corrected chi connectivity index (χ1v) is 13.0. The molecule has 0 aliphatic rings. The van der Waals surface area contributed by atoms with E-state index in [4.69, 9.17) is 110 Å². The zero-order chi connectivity index (χ0) is 108. The topological polar surface area (TPSA) is 108 Å². The number of esters is 2. The summed E-state index contributed by atoms with van der Waals surface area (Å²) in [5.41, 5.74) is 0. The molecule has 0 aliphatic carbocycles. The Hall–Kier alpha value is -0.990. The molecular formula is C40H81NO8P+. The van der Waals surface area contributed by atoms with Gasteiger partial charge in [0.25, 0.3) is 0 Å². The van der Waals surface area contributed by atoms with Crippen molar-refractivity contribution >= 4 is 19.8 Å². The van der Waals surface area contributed by atoms with Gasteiger partial charge in [0, 0.05) is 97.7 Å². The lowest BCUT2D eigenvalue weighted by molar-refractivity contribution is -0.870. The van der Waals surface area contributed by atoms with Crippen molar-refractivity contribution in [1.82, 2.24) is 0 Å². The maximum absolute atomic E-state index is 14.5. The minimum atomic E-state index is -8.11. The van der Waals surface area contributed by atoms with Crippen LogP contribution in [0.25, 0.3) is 0 Å². The van der Waals surface area contributed by atoms with Gasteiger partial charge in [0.1, 0.15) is 19.6 Å². The molecule has 0 fully saturated rings. The Bertz CT molecular complexity index is 4110. The fraction of sp³-hybridized carbons (Fsp3) is 0.950. The first-order chi connectivity index (χ1) is 54.4. The monoisotopic (exact) mass is 815 g/mol. The number of hydrogen-bond donors (Lipinski definition) is 1. The van der Waals surface area contributed by atoms with Gasteiger partial charge in [0.05, 0.1) is 52.2 Å². The molecule has 1 N–H and O–H groups in total. The molecule has 298 valence electrons. The van der Waals surface area contributed by atoms with E-state index < -0.39 is 270 Å².